The van der Waals surface area contributed by atoms with Crippen LogP contribution in [0.4, 0.5) is 0 Å². The molecule has 6 heteroatoms. The second-order valence-corrected chi connectivity index (χ2v) is 5.56. The van der Waals surface area contributed by atoms with E-state index in [-0.39, 0.29) is 69.9 Å². The summed E-state index contributed by atoms with van der Waals surface area (Å²) in [7, 11) is -3.80. The summed E-state index contributed by atoms with van der Waals surface area (Å²) in [6, 6.07) is 3.32. The summed E-state index contributed by atoms with van der Waals surface area (Å²) < 4.78 is 16.1. The fourth-order valence-electron chi connectivity index (χ4n) is 1.60. The maximum absolute atomic E-state index is 11.5. The fourth-order valence-corrected chi connectivity index (χ4v) is 2.72. The van der Waals surface area contributed by atoms with E-state index < -0.39 is 7.60 Å². The van der Waals surface area contributed by atoms with Crippen molar-refractivity contribution in [2.45, 2.75) is 26.9 Å². The van der Waals surface area contributed by atoms with E-state index in [1.807, 2.05) is 0 Å². The molecule has 0 aromatic heterocycles. The minimum atomic E-state index is -3.80. The number of hydrogen-bond acceptors (Lipinski definition) is 4. The smallest absolute Gasteiger partial charge is 0.778 e. The molecule has 17 heavy (non-hydrogen) atoms. The average Bonchev–Trinajstić information content (AvgIpc) is 2.13. The first kappa shape index (κ1) is 17.8. The van der Waals surface area contributed by atoms with Gasteiger partial charge >= 0.3 is 51.4 Å². The first-order valence-corrected chi connectivity index (χ1v) is 6.82. The van der Waals surface area contributed by atoms with Gasteiger partial charge in [-0.1, -0.05) is 12.1 Å². The van der Waals surface area contributed by atoms with E-state index in [0.717, 1.165) is 0 Å². The van der Waals surface area contributed by atoms with Gasteiger partial charge < -0.3 is 19.1 Å². The number of rotatable bonds is 4. The molecule has 1 unspecified atom stereocenters. The maximum atomic E-state index is 11.5. The third-order valence-electron chi connectivity index (χ3n) is 2.25. The predicted octanol–water partition coefficient (Wildman–Crippen LogP) is -0.897. The van der Waals surface area contributed by atoms with Gasteiger partial charge in [0.15, 0.2) is 0 Å². The molecule has 0 bridgehead atoms. The Morgan fingerprint density at radius 3 is 2.24 bits per heavy atom. The van der Waals surface area contributed by atoms with Crippen molar-refractivity contribution in [3.8, 4) is 5.75 Å². The summed E-state index contributed by atoms with van der Waals surface area (Å²) in [5.74, 6) is 0.209. The van der Waals surface area contributed by atoms with Crippen molar-refractivity contribution in [1.29, 1.82) is 0 Å². The van der Waals surface area contributed by atoms with Crippen LogP contribution >= 0.6 is 7.60 Å². The Morgan fingerprint density at radius 2 is 1.82 bits per heavy atom. The molecule has 0 heterocycles. The first-order chi connectivity index (χ1) is 7.35. The molecule has 4 nitrogen and oxygen atoms in total. The van der Waals surface area contributed by atoms with Crippen LogP contribution < -0.4 is 56.3 Å². The van der Waals surface area contributed by atoms with Gasteiger partial charge in [-0.25, -0.2) is 0 Å². The van der Waals surface area contributed by atoms with Gasteiger partial charge in [-0.2, -0.15) is 0 Å². The Balaban J connectivity index is 0.00000256. The SMILES string of the molecule is CCOP(=O)([O-])Cc1cc(C)c(O)c(C)c1.[K+]. The van der Waals surface area contributed by atoms with Crippen molar-refractivity contribution in [2.24, 2.45) is 0 Å². The van der Waals surface area contributed by atoms with Gasteiger partial charge in [-0.3, -0.25) is 0 Å². The van der Waals surface area contributed by atoms with Crippen LogP contribution in [0.2, 0.25) is 0 Å². The maximum Gasteiger partial charge on any atom is 1.00 e. The van der Waals surface area contributed by atoms with E-state index >= 15 is 0 Å². The molecule has 0 aliphatic heterocycles. The average molecular weight is 282 g/mol. The van der Waals surface area contributed by atoms with Crippen LogP contribution in [0.5, 0.6) is 5.75 Å². The first-order valence-electron chi connectivity index (χ1n) is 5.09. The molecule has 1 N–H and O–H groups in total. The van der Waals surface area contributed by atoms with Gasteiger partial charge in [0, 0.05) is 6.16 Å². The van der Waals surface area contributed by atoms with Gasteiger partial charge in [-0.15, -0.1) is 0 Å². The molecule has 0 radical (unpaired) electrons. The predicted molar refractivity (Wildman–Crippen MR) is 60.5 cm³/mol. The molecule has 1 aromatic rings. The van der Waals surface area contributed by atoms with Crippen LogP contribution in [0.1, 0.15) is 23.6 Å². The van der Waals surface area contributed by atoms with Gasteiger partial charge in [0.1, 0.15) is 13.3 Å². The van der Waals surface area contributed by atoms with Gasteiger partial charge in [0.25, 0.3) is 0 Å². The van der Waals surface area contributed by atoms with Crippen molar-refractivity contribution in [2.75, 3.05) is 6.61 Å². The summed E-state index contributed by atoms with van der Waals surface area (Å²) in [4.78, 5) is 11.5. The van der Waals surface area contributed by atoms with Crippen molar-refractivity contribution >= 4 is 7.60 Å². The number of phenols is 1. The van der Waals surface area contributed by atoms with E-state index in [1.54, 1.807) is 32.9 Å². The van der Waals surface area contributed by atoms with Crippen molar-refractivity contribution in [3.63, 3.8) is 0 Å². The molecule has 1 aromatic carbocycles. The molecule has 0 saturated heterocycles. The van der Waals surface area contributed by atoms with Crippen LogP contribution in [0.15, 0.2) is 12.1 Å². The zero-order chi connectivity index (χ0) is 12.3. The van der Waals surface area contributed by atoms with E-state index in [4.69, 9.17) is 0 Å². The Labute approximate surface area is 144 Å². The topological polar surface area (TPSA) is 69.6 Å². The van der Waals surface area contributed by atoms with Crippen molar-refractivity contribution in [1.82, 2.24) is 0 Å². The molecule has 0 spiro atoms. The van der Waals surface area contributed by atoms with Crippen LogP contribution in [0.25, 0.3) is 0 Å². The number of hydrogen-bond donors (Lipinski definition) is 1. The molecule has 1 atom stereocenters. The Morgan fingerprint density at radius 1 is 1.35 bits per heavy atom. The largest absolute Gasteiger partial charge is 1.00 e. The molecular formula is C11H16KO4P. The quantitative estimate of drug-likeness (QED) is 0.574. The summed E-state index contributed by atoms with van der Waals surface area (Å²) in [6.45, 7) is 5.26. The van der Waals surface area contributed by atoms with Gasteiger partial charge in [0.2, 0.25) is 0 Å². The van der Waals surface area contributed by atoms with Crippen molar-refractivity contribution in [3.05, 3.63) is 28.8 Å². The Kier molecular flexibility index (Phi) is 7.76. The van der Waals surface area contributed by atoms with E-state index in [2.05, 4.69) is 4.52 Å². The van der Waals surface area contributed by atoms with Gasteiger partial charge in [-0.05, 0) is 37.5 Å². The summed E-state index contributed by atoms with van der Waals surface area (Å²) in [5.41, 5.74) is 1.98. The second-order valence-electron chi connectivity index (χ2n) is 3.77. The third kappa shape index (κ3) is 5.53. The Hall–Kier alpha value is 0.806. The standard InChI is InChI=1S/C11H17O4P.K/c1-4-15-16(13,14)7-10-5-8(2)11(12)9(3)6-10;/h5-6,12H,4,7H2,1-3H3,(H,13,14);/q;+1/p-1. The van der Waals surface area contributed by atoms with E-state index in [9.17, 15) is 14.6 Å². The second kappa shape index (κ2) is 7.41. The fraction of sp³-hybridized carbons (Fsp3) is 0.455. The normalized spacial score (nSPS) is 13.9. The van der Waals surface area contributed by atoms with Crippen molar-refractivity contribution < 1.29 is 70.5 Å². The number of aromatic hydroxyl groups is 1. The van der Waals surface area contributed by atoms with Crippen LogP contribution in [-0.4, -0.2) is 11.7 Å². The van der Waals surface area contributed by atoms with Crippen LogP contribution in [0.3, 0.4) is 0 Å². The molecule has 0 fully saturated rings. The number of aryl methyl sites for hydroxylation is 2. The molecule has 0 aliphatic rings. The van der Waals surface area contributed by atoms with Crippen LogP contribution in [-0.2, 0) is 15.3 Å². The zero-order valence-corrected chi connectivity index (χ0v) is 14.7. The molecule has 0 saturated carbocycles. The number of benzene rings is 1. The molecule has 0 amide bonds. The van der Waals surface area contributed by atoms with E-state index in [1.165, 1.54) is 0 Å². The van der Waals surface area contributed by atoms with Crippen LogP contribution in [0, 0.1) is 13.8 Å². The number of phenolic OH excluding ortho intramolecular Hbond substituents is 1. The monoisotopic (exact) mass is 282 g/mol. The van der Waals surface area contributed by atoms with E-state index in [0.29, 0.717) is 16.7 Å². The summed E-state index contributed by atoms with van der Waals surface area (Å²) in [5, 5.41) is 9.55. The third-order valence-corrected chi connectivity index (χ3v) is 3.66. The molecule has 1 rings (SSSR count). The molecule has 0 aliphatic carbocycles. The Bertz CT molecular complexity index is 410. The summed E-state index contributed by atoms with van der Waals surface area (Å²) >= 11 is 0. The minimum Gasteiger partial charge on any atom is -0.778 e. The molecular weight excluding hydrogens is 266 g/mol. The van der Waals surface area contributed by atoms with Gasteiger partial charge in [0.05, 0.1) is 6.61 Å². The summed E-state index contributed by atoms with van der Waals surface area (Å²) in [6.07, 6.45) is -0.136. The zero-order valence-electron chi connectivity index (χ0n) is 10.7. The minimum absolute atomic E-state index is 0. The molecule has 90 valence electrons.